The molecule has 4 nitrogen and oxygen atoms in total. The Morgan fingerprint density at radius 1 is 1.12 bits per heavy atom. The van der Waals surface area contributed by atoms with E-state index < -0.39 is 0 Å². The van der Waals surface area contributed by atoms with E-state index in [2.05, 4.69) is 52.6 Å². The van der Waals surface area contributed by atoms with Gasteiger partial charge in [-0.15, -0.1) is 0 Å². The van der Waals surface area contributed by atoms with Gasteiger partial charge < -0.3 is 9.30 Å². The van der Waals surface area contributed by atoms with Crippen molar-refractivity contribution in [1.82, 2.24) is 9.55 Å². The van der Waals surface area contributed by atoms with Crippen LogP contribution in [0.1, 0.15) is 69.1 Å². The zero-order chi connectivity index (χ0) is 17.7. The zero-order valence-electron chi connectivity index (χ0n) is 15.4. The maximum absolute atomic E-state index is 13.1. The number of rotatable bonds is 1. The quantitative estimate of drug-likeness (QED) is 0.785. The summed E-state index contributed by atoms with van der Waals surface area (Å²) < 4.78 is 7.91. The number of aromatic nitrogens is 2. The average Bonchev–Trinajstić information content (AvgIpc) is 2.98. The first-order chi connectivity index (χ1) is 11.1. The minimum atomic E-state index is -0.344. The molecule has 2 heterocycles. The van der Waals surface area contributed by atoms with E-state index in [1.165, 1.54) is 0 Å². The average molecular weight is 326 g/mol. The summed E-state index contributed by atoms with van der Waals surface area (Å²) in [6.07, 6.45) is 5.18. The molecule has 0 aliphatic carbocycles. The lowest BCUT2D eigenvalue weighted by Gasteiger charge is -2.33. The van der Waals surface area contributed by atoms with Crippen LogP contribution in [-0.4, -0.2) is 21.9 Å². The highest BCUT2D eigenvalue weighted by Gasteiger charge is 2.35. The first-order valence-electron chi connectivity index (χ1n) is 8.42. The largest absolute Gasteiger partial charge is 0.490 e. The molecule has 0 fully saturated rings. The highest BCUT2D eigenvalue weighted by molar-refractivity contribution is 6.03. The SMILES string of the molecule is CC(C)(C)c1cc2c(c(C(C)(C)C)c1)OCC(n1ccnc1)C2=O. The summed E-state index contributed by atoms with van der Waals surface area (Å²) in [6.45, 7) is 13.3. The second-order valence-corrected chi connectivity index (χ2v) is 8.60. The van der Waals surface area contributed by atoms with Crippen LogP contribution in [0.25, 0.3) is 0 Å². The van der Waals surface area contributed by atoms with Crippen molar-refractivity contribution in [2.75, 3.05) is 6.61 Å². The van der Waals surface area contributed by atoms with Crippen molar-refractivity contribution in [2.45, 2.75) is 58.4 Å². The van der Waals surface area contributed by atoms with Crippen LogP contribution in [0.3, 0.4) is 0 Å². The van der Waals surface area contributed by atoms with Gasteiger partial charge in [0.05, 0.1) is 11.9 Å². The molecule has 1 aliphatic heterocycles. The van der Waals surface area contributed by atoms with E-state index in [-0.39, 0.29) is 22.7 Å². The number of ether oxygens (including phenoxy) is 1. The van der Waals surface area contributed by atoms with Crippen LogP contribution in [0.4, 0.5) is 0 Å². The lowest BCUT2D eigenvalue weighted by atomic mass is 9.77. The summed E-state index contributed by atoms with van der Waals surface area (Å²) >= 11 is 0. The molecule has 0 radical (unpaired) electrons. The number of hydrogen-bond acceptors (Lipinski definition) is 3. The van der Waals surface area contributed by atoms with Crippen molar-refractivity contribution in [3.8, 4) is 5.75 Å². The molecule has 4 heteroatoms. The van der Waals surface area contributed by atoms with Crippen molar-refractivity contribution in [1.29, 1.82) is 0 Å². The van der Waals surface area contributed by atoms with Crippen molar-refractivity contribution in [3.63, 3.8) is 0 Å². The first kappa shape index (κ1) is 16.7. The number of nitrogens with zero attached hydrogens (tertiary/aromatic N) is 2. The number of fused-ring (bicyclic) bond motifs is 1. The lowest BCUT2D eigenvalue weighted by molar-refractivity contribution is 0.0838. The Hall–Kier alpha value is -2.10. The minimum absolute atomic E-state index is 0.0305. The number of ketones is 1. The molecule has 0 amide bonds. The highest BCUT2D eigenvalue weighted by atomic mass is 16.5. The molecule has 3 rings (SSSR count). The van der Waals surface area contributed by atoms with E-state index in [1.54, 1.807) is 12.5 Å². The number of benzene rings is 1. The molecule has 128 valence electrons. The molecule has 1 aromatic heterocycles. The van der Waals surface area contributed by atoms with Crippen molar-refractivity contribution in [2.24, 2.45) is 0 Å². The maximum atomic E-state index is 13.1. The van der Waals surface area contributed by atoms with Gasteiger partial charge in [0.1, 0.15) is 18.4 Å². The summed E-state index contributed by atoms with van der Waals surface area (Å²) in [6, 6.07) is 3.86. The van der Waals surface area contributed by atoms with Gasteiger partial charge >= 0.3 is 0 Å². The van der Waals surface area contributed by atoms with E-state index in [4.69, 9.17) is 4.74 Å². The van der Waals surface area contributed by atoms with Gasteiger partial charge in [0.25, 0.3) is 0 Å². The van der Waals surface area contributed by atoms with E-state index in [1.807, 2.05) is 16.8 Å². The number of carbonyl (C=O) groups is 1. The molecule has 0 saturated heterocycles. The topological polar surface area (TPSA) is 44.1 Å². The molecule has 0 N–H and O–H groups in total. The van der Waals surface area contributed by atoms with Crippen LogP contribution in [0.2, 0.25) is 0 Å². The molecule has 1 aromatic carbocycles. The molecule has 2 aromatic rings. The Balaban J connectivity index is 2.17. The molecule has 0 saturated carbocycles. The normalized spacial score (nSPS) is 18.2. The van der Waals surface area contributed by atoms with Crippen LogP contribution < -0.4 is 4.74 Å². The number of hydrogen-bond donors (Lipinski definition) is 0. The van der Waals surface area contributed by atoms with Crippen LogP contribution >= 0.6 is 0 Å². The zero-order valence-corrected chi connectivity index (χ0v) is 15.4. The standard InChI is InChI=1S/C20H26N2O2/c1-19(2,3)13-9-14-17(23)16(22-8-7-21-12-22)11-24-18(14)15(10-13)20(4,5)6/h7-10,12,16H,11H2,1-6H3. The highest BCUT2D eigenvalue weighted by Crippen LogP contribution is 2.41. The first-order valence-corrected chi connectivity index (χ1v) is 8.42. The number of carbonyl (C=O) groups excluding carboxylic acids is 1. The van der Waals surface area contributed by atoms with Gasteiger partial charge in [-0.05, 0) is 22.5 Å². The van der Waals surface area contributed by atoms with Crippen LogP contribution in [0, 0.1) is 0 Å². The van der Waals surface area contributed by atoms with Crippen LogP contribution in [0.15, 0.2) is 30.9 Å². The van der Waals surface area contributed by atoms with Crippen LogP contribution in [0.5, 0.6) is 5.75 Å². The maximum Gasteiger partial charge on any atom is 0.192 e. The molecule has 0 spiro atoms. The molecule has 1 unspecified atom stereocenters. The third-order valence-electron chi connectivity index (χ3n) is 4.60. The minimum Gasteiger partial charge on any atom is -0.490 e. The fourth-order valence-corrected chi connectivity index (χ4v) is 3.05. The third kappa shape index (κ3) is 2.85. The molecular weight excluding hydrogens is 300 g/mol. The fourth-order valence-electron chi connectivity index (χ4n) is 3.05. The Morgan fingerprint density at radius 3 is 2.38 bits per heavy atom. The lowest BCUT2D eigenvalue weighted by Crippen LogP contribution is -2.32. The molecule has 1 atom stereocenters. The van der Waals surface area contributed by atoms with Gasteiger partial charge in [0, 0.05) is 18.0 Å². The Kier molecular flexibility index (Phi) is 3.82. The summed E-state index contributed by atoms with van der Waals surface area (Å²) in [5, 5.41) is 0. The second-order valence-electron chi connectivity index (χ2n) is 8.60. The Bertz CT molecular complexity index is 762. The van der Waals surface area contributed by atoms with Crippen LogP contribution in [-0.2, 0) is 10.8 Å². The number of imidazole rings is 1. The van der Waals surface area contributed by atoms with E-state index in [0.717, 1.165) is 16.9 Å². The van der Waals surface area contributed by atoms with E-state index in [9.17, 15) is 4.79 Å². The van der Waals surface area contributed by atoms with Crippen molar-refractivity contribution >= 4 is 5.78 Å². The van der Waals surface area contributed by atoms with Gasteiger partial charge in [-0.3, -0.25) is 4.79 Å². The third-order valence-corrected chi connectivity index (χ3v) is 4.60. The summed E-state index contributed by atoms with van der Waals surface area (Å²) in [5.41, 5.74) is 2.83. The van der Waals surface area contributed by atoms with E-state index in [0.29, 0.717) is 12.2 Å². The van der Waals surface area contributed by atoms with Gasteiger partial charge in [0.15, 0.2) is 5.78 Å². The van der Waals surface area contributed by atoms with Gasteiger partial charge in [-0.25, -0.2) is 4.98 Å². The smallest absolute Gasteiger partial charge is 0.192 e. The molecule has 1 aliphatic rings. The van der Waals surface area contributed by atoms with Crippen molar-refractivity contribution < 1.29 is 9.53 Å². The van der Waals surface area contributed by atoms with Gasteiger partial charge in [-0.1, -0.05) is 47.6 Å². The monoisotopic (exact) mass is 326 g/mol. The van der Waals surface area contributed by atoms with Crippen molar-refractivity contribution in [3.05, 3.63) is 47.5 Å². The number of Topliss-reactive ketones (excluding diaryl/α,β-unsaturated/α-hetero) is 1. The van der Waals surface area contributed by atoms with E-state index >= 15 is 0 Å². The molecule has 0 bridgehead atoms. The predicted molar refractivity (Wildman–Crippen MR) is 94.9 cm³/mol. The van der Waals surface area contributed by atoms with Gasteiger partial charge in [-0.2, -0.15) is 0 Å². The molecular formula is C20H26N2O2. The summed E-state index contributed by atoms with van der Waals surface area (Å²) in [5.74, 6) is 0.850. The second kappa shape index (κ2) is 5.47. The Morgan fingerprint density at radius 2 is 1.83 bits per heavy atom. The summed E-state index contributed by atoms with van der Waals surface area (Å²) in [7, 11) is 0. The fraction of sp³-hybridized carbons (Fsp3) is 0.500. The molecule has 24 heavy (non-hydrogen) atoms. The predicted octanol–water partition coefficient (Wildman–Crippen LogP) is 4.29. The Labute approximate surface area is 143 Å². The van der Waals surface area contributed by atoms with Gasteiger partial charge in [0.2, 0.25) is 0 Å². The summed E-state index contributed by atoms with van der Waals surface area (Å²) in [4.78, 5) is 17.2.